The highest BCUT2D eigenvalue weighted by molar-refractivity contribution is 5.89. The summed E-state index contributed by atoms with van der Waals surface area (Å²) in [5, 5.41) is 11.4. The quantitative estimate of drug-likeness (QED) is 0.385. The summed E-state index contributed by atoms with van der Waals surface area (Å²) in [5.74, 6) is -0.972. The van der Waals surface area contributed by atoms with Gasteiger partial charge in [-0.2, -0.15) is 0 Å². The molecule has 2 amide bonds. The van der Waals surface area contributed by atoms with Crippen LogP contribution in [0.5, 0.6) is 0 Å². The molecule has 0 saturated carbocycles. The number of fused-ring (bicyclic) bond motifs is 1. The van der Waals surface area contributed by atoms with E-state index in [0.29, 0.717) is 16.8 Å². The van der Waals surface area contributed by atoms with Gasteiger partial charge in [0.2, 0.25) is 11.8 Å². The third-order valence-corrected chi connectivity index (χ3v) is 6.46. The van der Waals surface area contributed by atoms with Gasteiger partial charge >= 0.3 is 0 Å². The third kappa shape index (κ3) is 5.45. The van der Waals surface area contributed by atoms with Crippen LogP contribution in [0.3, 0.4) is 0 Å². The summed E-state index contributed by atoms with van der Waals surface area (Å²) in [6, 6.07) is 16.1. The number of para-hydroxylation sites is 1. The van der Waals surface area contributed by atoms with Crippen molar-refractivity contribution in [3.63, 3.8) is 0 Å². The molecule has 2 heterocycles. The maximum absolute atomic E-state index is 13.9. The number of hydrogen-bond donors (Lipinski definition) is 1. The Hall–Kier alpha value is -4.01. The van der Waals surface area contributed by atoms with E-state index in [2.05, 4.69) is 15.6 Å². The van der Waals surface area contributed by atoms with Crippen molar-refractivity contribution in [1.82, 2.24) is 29.8 Å². The Morgan fingerprint density at radius 1 is 1.08 bits per heavy atom. The fourth-order valence-electron chi connectivity index (χ4n) is 4.05. The van der Waals surface area contributed by atoms with Crippen LogP contribution >= 0.6 is 0 Å². The van der Waals surface area contributed by atoms with Crippen LogP contribution in [-0.4, -0.2) is 41.8 Å². The molecule has 36 heavy (non-hydrogen) atoms. The summed E-state index contributed by atoms with van der Waals surface area (Å²) in [5.41, 5.74) is 2.30. The zero-order valence-corrected chi connectivity index (χ0v) is 21.0. The van der Waals surface area contributed by atoms with Gasteiger partial charge in [-0.1, -0.05) is 36.4 Å². The van der Waals surface area contributed by atoms with E-state index in [1.54, 1.807) is 12.1 Å². The average Bonchev–Trinajstić information content (AvgIpc) is 3.46. The molecule has 0 unspecified atom stereocenters. The molecule has 1 N–H and O–H groups in total. The lowest BCUT2D eigenvalue weighted by Crippen LogP contribution is -2.51. The van der Waals surface area contributed by atoms with Crippen LogP contribution in [0, 0.1) is 5.82 Å². The normalized spacial score (nSPS) is 12.5. The van der Waals surface area contributed by atoms with Crippen LogP contribution in [0.15, 0.2) is 66.9 Å². The molecule has 0 saturated heterocycles. The number of nitrogens with one attached hydrogen (secondary N) is 1. The molecule has 1 atom stereocenters. The SMILES string of the molecule is CCC(C)(C)NC(=O)[C@H](c1cccn1C)N(Cc1ccc(F)cc1)C(=O)Cn1nnc2ccccc21. The molecule has 0 spiro atoms. The lowest BCUT2D eigenvalue weighted by Gasteiger charge is -2.34. The van der Waals surface area contributed by atoms with E-state index in [4.69, 9.17) is 0 Å². The Morgan fingerprint density at radius 2 is 1.81 bits per heavy atom. The molecule has 0 aliphatic rings. The number of benzene rings is 2. The van der Waals surface area contributed by atoms with Gasteiger partial charge < -0.3 is 14.8 Å². The van der Waals surface area contributed by atoms with Gasteiger partial charge in [-0.3, -0.25) is 9.59 Å². The number of carbonyl (C=O) groups excluding carboxylic acids is 2. The van der Waals surface area contributed by atoms with E-state index in [0.717, 1.165) is 11.9 Å². The van der Waals surface area contributed by atoms with Gasteiger partial charge in [-0.25, -0.2) is 9.07 Å². The number of aromatic nitrogens is 4. The van der Waals surface area contributed by atoms with E-state index in [9.17, 15) is 14.0 Å². The van der Waals surface area contributed by atoms with E-state index in [1.165, 1.54) is 21.7 Å². The van der Waals surface area contributed by atoms with Gasteiger partial charge in [-0.05, 0) is 62.2 Å². The van der Waals surface area contributed by atoms with Gasteiger partial charge in [-0.15, -0.1) is 5.10 Å². The lowest BCUT2D eigenvalue weighted by molar-refractivity contribution is -0.143. The van der Waals surface area contributed by atoms with E-state index >= 15 is 0 Å². The Kier molecular flexibility index (Phi) is 7.19. The van der Waals surface area contributed by atoms with Crippen LogP contribution in [0.4, 0.5) is 4.39 Å². The molecule has 0 bridgehead atoms. The van der Waals surface area contributed by atoms with E-state index < -0.39 is 11.6 Å². The van der Waals surface area contributed by atoms with Crippen LogP contribution in [0.2, 0.25) is 0 Å². The van der Waals surface area contributed by atoms with E-state index in [-0.39, 0.29) is 30.7 Å². The predicted molar refractivity (Wildman–Crippen MR) is 135 cm³/mol. The van der Waals surface area contributed by atoms with Crippen molar-refractivity contribution in [1.29, 1.82) is 0 Å². The van der Waals surface area contributed by atoms with Gasteiger partial charge in [0.05, 0.1) is 5.52 Å². The van der Waals surface area contributed by atoms with Crippen LogP contribution in [0.25, 0.3) is 11.0 Å². The van der Waals surface area contributed by atoms with Crippen molar-refractivity contribution < 1.29 is 14.0 Å². The second-order valence-electron chi connectivity index (χ2n) is 9.56. The summed E-state index contributed by atoms with van der Waals surface area (Å²) in [6.07, 6.45) is 2.56. The zero-order chi connectivity index (χ0) is 25.9. The molecular weight excluding hydrogens is 459 g/mol. The summed E-state index contributed by atoms with van der Waals surface area (Å²) < 4.78 is 17.0. The van der Waals surface area contributed by atoms with Crippen molar-refractivity contribution in [3.05, 3.63) is 83.9 Å². The Bertz CT molecular complexity index is 1360. The summed E-state index contributed by atoms with van der Waals surface area (Å²) >= 11 is 0. The molecule has 8 nitrogen and oxygen atoms in total. The summed E-state index contributed by atoms with van der Waals surface area (Å²) in [7, 11) is 1.84. The third-order valence-electron chi connectivity index (χ3n) is 6.46. The molecule has 0 aliphatic carbocycles. The van der Waals surface area contributed by atoms with Crippen LogP contribution < -0.4 is 5.32 Å². The van der Waals surface area contributed by atoms with Crippen molar-refractivity contribution in [2.45, 2.75) is 51.9 Å². The molecule has 0 fully saturated rings. The number of amides is 2. The monoisotopic (exact) mass is 490 g/mol. The number of aryl methyl sites for hydroxylation is 1. The fourth-order valence-corrected chi connectivity index (χ4v) is 4.05. The Balaban J connectivity index is 1.75. The molecular formula is C27H31FN6O2. The highest BCUT2D eigenvalue weighted by Crippen LogP contribution is 2.26. The smallest absolute Gasteiger partial charge is 0.249 e. The van der Waals surface area contributed by atoms with Crippen molar-refractivity contribution in [2.24, 2.45) is 7.05 Å². The molecule has 9 heteroatoms. The highest BCUT2D eigenvalue weighted by atomic mass is 19.1. The number of rotatable bonds is 9. The minimum absolute atomic E-state index is 0.104. The average molecular weight is 491 g/mol. The highest BCUT2D eigenvalue weighted by Gasteiger charge is 2.35. The topological polar surface area (TPSA) is 85.0 Å². The first-order valence-electron chi connectivity index (χ1n) is 11.9. The largest absolute Gasteiger partial charge is 0.352 e. The summed E-state index contributed by atoms with van der Waals surface area (Å²) in [6.45, 7) is 5.89. The second kappa shape index (κ2) is 10.3. The van der Waals surface area contributed by atoms with Crippen molar-refractivity contribution >= 4 is 22.8 Å². The minimum Gasteiger partial charge on any atom is -0.352 e. The molecule has 2 aromatic heterocycles. The number of halogens is 1. The van der Waals surface area contributed by atoms with Gasteiger partial charge in [0.1, 0.15) is 17.9 Å². The first-order valence-corrected chi connectivity index (χ1v) is 11.9. The predicted octanol–water partition coefficient (Wildman–Crippen LogP) is 3.98. The standard InChI is InChI=1S/C27H31FN6O2/c1-5-27(2,3)29-26(36)25(23-11-8-16-32(23)4)33(17-19-12-14-20(28)15-13-19)24(35)18-34-22-10-7-6-9-21(22)30-31-34/h6-16,25H,5,17-18H2,1-4H3,(H,29,36)/t25-/m0/s1. The molecule has 0 aliphatic heterocycles. The van der Waals surface area contributed by atoms with Crippen molar-refractivity contribution in [3.8, 4) is 0 Å². The van der Waals surface area contributed by atoms with Crippen LogP contribution in [0.1, 0.15) is 44.5 Å². The van der Waals surface area contributed by atoms with Crippen LogP contribution in [-0.2, 0) is 29.7 Å². The minimum atomic E-state index is -0.914. The number of hydrogen-bond acceptors (Lipinski definition) is 4. The first kappa shape index (κ1) is 25.1. The molecule has 2 aromatic carbocycles. The van der Waals surface area contributed by atoms with Gasteiger partial charge in [0.15, 0.2) is 6.04 Å². The molecule has 188 valence electrons. The fraction of sp³-hybridized carbons (Fsp3) is 0.333. The number of carbonyl (C=O) groups is 2. The Morgan fingerprint density at radius 3 is 2.47 bits per heavy atom. The van der Waals surface area contributed by atoms with Gasteiger partial charge in [0.25, 0.3) is 0 Å². The lowest BCUT2D eigenvalue weighted by atomic mass is 10.00. The molecule has 4 rings (SSSR count). The maximum Gasteiger partial charge on any atom is 0.249 e. The van der Waals surface area contributed by atoms with Gasteiger partial charge in [0, 0.05) is 31.0 Å². The maximum atomic E-state index is 13.9. The number of nitrogens with zero attached hydrogens (tertiary/aromatic N) is 5. The van der Waals surface area contributed by atoms with Crippen molar-refractivity contribution in [2.75, 3.05) is 0 Å². The summed E-state index contributed by atoms with van der Waals surface area (Å²) in [4.78, 5) is 29.2. The first-order chi connectivity index (χ1) is 17.2. The second-order valence-corrected chi connectivity index (χ2v) is 9.56. The molecule has 0 radical (unpaired) electrons. The molecule has 4 aromatic rings. The zero-order valence-electron chi connectivity index (χ0n) is 21.0. The van der Waals surface area contributed by atoms with E-state index in [1.807, 2.05) is 75.0 Å². The Labute approximate surface area is 209 Å².